The first kappa shape index (κ1) is 21.3. The number of alkyl halides is 3. The number of aromatic nitrogens is 2. The van der Waals surface area contributed by atoms with Crippen molar-refractivity contribution in [2.45, 2.75) is 25.2 Å². The summed E-state index contributed by atoms with van der Waals surface area (Å²) >= 11 is 7.10. The molecule has 152 valence electrons. The van der Waals surface area contributed by atoms with Crippen LogP contribution in [0.1, 0.15) is 16.7 Å². The zero-order valence-corrected chi connectivity index (χ0v) is 17.1. The lowest BCUT2D eigenvalue weighted by Gasteiger charge is -2.13. The first-order chi connectivity index (χ1) is 13.7. The molecule has 0 atom stereocenters. The second-order valence-corrected chi connectivity index (χ2v) is 7.68. The summed E-state index contributed by atoms with van der Waals surface area (Å²) in [5, 5.41) is 3.07. The summed E-state index contributed by atoms with van der Waals surface area (Å²) in [6, 6.07) is 8.70. The molecule has 3 aromatic rings. The van der Waals surface area contributed by atoms with Gasteiger partial charge in [-0.2, -0.15) is 13.2 Å². The maximum Gasteiger partial charge on any atom is 0.416 e. The lowest BCUT2D eigenvalue weighted by atomic mass is 10.1. The Hall–Kier alpha value is -2.45. The van der Waals surface area contributed by atoms with E-state index in [2.05, 4.69) is 10.3 Å². The molecule has 1 amide bonds. The van der Waals surface area contributed by atoms with E-state index in [1.54, 1.807) is 12.4 Å². The Labute approximate surface area is 175 Å². The summed E-state index contributed by atoms with van der Waals surface area (Å²) in [7, 11) is 0. The number of amides is 1. The molecule has 0 fully saturated rings. The van der Waals surface area contributed by atoms with Gasteiger partial charge in [0, 0.05) is 12.4 Å². The molecule has 1 N–H and O–H groups in total. The summed E-state index contributed by atoms with van der Waals surface area (Å²) < 4.78 is 40.5. The van der Waals surface area contributed by atoms with E-state index in [4.69, 9.17) is 11.6 Å². The summed E-state index contributed by atoms with van der Waals surface area (Å²) in [6.45, 7) is 4.01. The van der Waals surface area contributed by atoms with E-state index in [-0.39, 0.29) is 16.5 Å². The van der Waals surface area contributed by atoms with Crippen LogP contribution in [0.4, 0.5) is 18.9 Å². The van der Waals surface area contributed by atoms with E-state index in [0.717, 1.165) is 35.0 Å². The number of rotatable bonds is 5. The van der Waals surface area contributed by atoms with E-state index in [1.807, 2.05) is 36.6 Å². The number of nitrogens with zero attached hydrogens (tertiary/aromatic N) is 2. The van der Waals surface area contributed by atoms with E-state index >= 15 is 0 Å². The molecule has 1 heterocycles. The van der Waals surface area contributed by atoms with Crippen LogP contribution in [-0.2, 0) is 11.0 Å². The number of imidazole rings is 1. The normalized spacial score (nSPS) is 11.5. The number of benzene rings is 2. The number of nitrogens with one attached hydrogen (secondary N) is 1. The topological polar surface area (TPSA) is 46.9 Å². The Morgan fingerprint density at radius 3 is 2.72 bits per heavy atom. The van der Waals surface area contributed by atoms with Crippen LogP contribution in [0.25, 0.3) is 5.69 Å². The van der Waals surface area contributed by atoms with Gasteiger partial charge in [-0.05, 0) is 49.2 Å². The second kappa shape index (κ2) is 8.51. The van der Waals surface area contributed by atoms with Gasteiger partial charge in [0.1, 0.15) is 0 Å². The molecule has 0 spiro atoms. The molecule has 0 saturated carbocycles. The minimum absolute atomic E-state index is 0.0333. The molecule has 0 unspecified atom stereocenters. The van der Waals surface area contributed by atoms with Gasteiger partial charge < -0.3 is 5.32 Å². The summed E-state index contributed by atoms with van der Waals surface area (Å²) in [5.74, 6) is -0.513. The summed E-state index contributed by atoms with van der Waals surface area (Å²) in [6.07, 6.45) is -1.09. The smallest absolute Gasteiger partial charge is 0.324 e. The maximum absolute atomic E-state index is 12.9. The Balaban J connectivity index is 1.72. The SMILES string of the molecule is Cc1cccc(-n2ccnc2SCC(=O)Nc2cc(C(F)(F)F)ccc2Cl)c1C. The average molecular weight is 440 g/mol. The maximum atomic E-state index is 12.9. The largest absolute Gasteiger partial charge is 0.416 e. The lowest BCUT2D eigenvalue weighted by molar-refractivity contribution is -0.137. The van der Waals surface area contributed by atoms with Gasteiger partial charge in [0.2, 0.25) is 5.91 Å². The number of aryl methyl sites for hydroxylation is 1. The Morgan fingerprint density at radius 2 is 2.00 bits per heavy atom. The van der Waals surface area contributed by atoms with E-state index in [0.29, 0.717) is 5.16 Å². The van der Waals surface area contributed by atoms with Crippen molar-refractivity contribution >= 4 is 35.0 Å². The van der Waals surface area contributed by atoms with Crippen LogP contribution in [0.3, 0.4) is 0 Å². The highest BCUT2D eigenvalue weighted by molar-refractivity contribution is 7.99. The van der Waals surface area contributed by atoms with Gasteiger partial charge in [0.15, 0.2) is 5.16 Å². The molecule has 2 aromatic carbocycles. The number of carbonyl (C=O) groups is 1. The van der Waals surface area contributed by atoms with Crippen LogP contribution >= 0.6 is 23.4 Å². The van der Waals surface area contributed by atoms with Gasteiger partial charge in [0.25, 0.3) is 0 Å². The quantitative estimate of drug-likeness (QED) is 0.504. The number of thioether (sulfide) groups is 1. The second-order valence-electron chi connectivity index (χ2n) is 6.33. The fourth-order valence-electron chi connectivity index (χ4n) is 2.69. The Bertz CT molecular complexity index is 1050. The van der Waals surface area contributed by atoms with Gasteiger partial charge >= 0.3 is 6.18 Å². The highest BCUT2D eigenvalue weighted by Crippen LogP contribution is 2.34. The molecule has 0 radical (unpaired) electrons. The molecule has 0 aliphatic heterocycles. The van der Waals surface area contributed by atoms with Gasteiger partial charge in [-0.15, -0.1) is 0 Å². The van der Waals surface area contributed by atoms with Gasteiger partial charge in [-0.1, -0.05) is 35.5 Å². The predicted molar refractivity (Wildman–Crippen MR) is 109 cm³/mol. The number of hydrogen-bond donors (Lipinski definition) is 1. The Morgan fingerprint density at radius 1 is 1.24 bits per heavy atom. The fraction of sp³-hybridized carbons (Fsp3) is 0.200. The van der Waals surface area contributed by atoms with Crippen LogP contribution in [-0.4, -0.2) is 21.2 Å². The van der Waals surface area contributed by atoms with Crippen molar-refractivity contribution in [3.8, 4) is 5.69 Å². The number of hydrogen-bond acceptors (Lipinski definition) is 3. The van der Waals surface area contributed by atoms with Crippen molar-refractivity contribution in [3.05, 3.63) is 70.5 Å². The third kappa shape index (κ3) is 4.94. The minimum Gasteiger partial charge on any atom is -0.324 e. The van der Waals surface area contributed by atoms with Crippen molar-refractivity contribution in [1.29, 1.82) is 0 Å². The predicted octanol–water partition coefficient (Wildman–Crippen LogP) is 5.89. The number of halogens is 4. The van der Waals surface area contributed by atoms with E-state index in [9.17, 15) is 18.0 Å². The van der Waals surface area contributed by atoms with Gasteiger partial charge in [0.05, 0.1) is 27.7 Å². The highest BCUT2D eigenvalue weighted by Gasteiger charge is 2.31. The zero-order chi connectivity index (χ0) is 21.2. The molecule has 29 heavy (non-hydrogen) atoms. The van der Waals surface area contributed by atoms with Crippen LogP contribution in [0, 0.1) is 13.8 Å². The van der Waals surface area contributed by atoms with Crippen molar-refractivity contribution in [2.24, 2.45) is 0 Å². The molecule has 0 aliphatic rings. The van der Waals surface area contributed by atoms with Crippen LogP contribution in [0.15, 0.2) is 53.9 Å². The monoisotopic (exact) mass is 439 g/mol. The molecule has 0 bridgehead atoms. The number of anilines is 1. The molecular weight excluding hydrogens is 423 g/mol. The van der Waals surface area contributed by atoms with Crippen molar-refractivity contribution in [3.63, 3.8) is 0 Å². The van der Waals surface area contributed by atoms with Crippen LogP contribution in [0.5, 0.6) is 0 Å². The summed E-state index contributed by atoms with van der Waals surface area (Å²) in [5.41, 5.74) is 2.21. The fourth-order valence-corrected chi connectivity index (χ4v) is 3.62. The molecule has 0 aliphatic carbocycles. The minimum atomic E-state index is -4.52. The van der Waals surface area contributed by atoms with Crippen molar-refractivity contribution < 1.29 is 18.0 Å². The third-order valence-electron chi connectivity index (χ3n) is 4.34. The first-order valence-corrected chi connectivity index (χ1v) is 9.92. The molecule has 0 saturated heterocycles. The zero-order valence-electron chi connectivity index (χ0n) is 15.5. The number of carbonyl (C=O) groups excluding carboxylic acids is 1. The lowest BCUT2D eigenvalue weighted by Crippen LogP contribution is -2.16. The molecule has 9 heteroatoms. The molecule has 3 rings (SSSR count). The Kier molecular flexibility index (Phi) is 6.24. The van der Waals surface area contributed by atoms with E-state index < -0.39 is 17.6 Å². The van der Waals surface area contributed by atoms with Crippen LogP contribution < -0.4 is 5.32 Å². The molecule has 4 nitrogen and oxygen atoms in total. The van der Waals surface area contributed by atoms with Gasteiger partial charge in [-0.3, -0.25) is 9.36 Å². The highest BCUT2D eigenvalue weighted by atomic mass is 35.5. The van der Waals surface area contributed by atoms with E-state index in [1.165, 1.54) is 11.8 Å². The van der Waals surface area contributed by atoms with Gasteiger partial charge in [-0.25, -0.2) is 4.98 Å². The first-order valence-electron chi connectivity index (χ1n) is 8.56. The standard InChI is InChI=1S/C20H17ClF3N3OS/c1-12-4-3-5-17(13(12)2)27-9-8-25-19(27)29-11-18(28)26-16-10-14(20(22,23)24)6-7-15(16)21/h3-10H,11H2,1-2H3,(H,26,28). The van der Waals surface area contributed by atoms with Crippen LogP contribution in [0.2, 0.25) is 5.02 Å². The van der Waals surface area contributed by atoms with Crippen molar-refractivity contribution in [2.75, 3.05) is 11.1 Å². The van der Waals surface area contributed by atoms with Crippen molar-refractivity contribution in [1.82, 2.24) is 9.55 Å². The summed E-state index contributed by atoms with van der Waals surface area (Å²) in [4.78, 5) is 16.6. The molecular formula is C20H17ClF3N3OS. The third-order valence-corrected chi connectivity index (χ3v) is 5.64. The average Bonchev–Trinajstić information content (AvgIpc) is 3.11. The molecule has 1 aromatic heterocycles.